The Bertz CT molecular complexity index is 833. The largest absolute Gasteiger partial charge is 0.508 e. The van der Waals surface area contributed by atoms with Crippen LogP contribution in [-0.2, 0) is 0 Å². The Hall–Kier alpha value is -2.75. The summed E-state index contributed by atoms with van der Waals surface area (Å²) >= 11 is 0. The van der Waals surface area contributed by atoms with Crippen LogP contribution in [0.2, 0.25) is 0 Å². The highest BCUT2D eigenvalue weighted by molar-refractivity contribution is 5.80. The zero-order valence-electron chi connectivity index (χ0n) is 10.8. The maximum atomic E-state index is 12.1. The van der Waals surface area contributed by atoms with Crippen LogP contribution >= 0.6 is 0 Å². The average molecular weight is 268 g/mol. The molecule has 100 valence electrons. The van der Waals surface area contributed by atoms with Gasteiger partial charge in [0.05, 0.1) is 12.5 Å². The second-order valence-corrected chi connectivity index (χ2v) is 4.39. The molecule has 1 N–H and O–H groups in total. The van der Waals surface area contributed by atoms with E-state index in [1.807, 2.05) is 0 Å². The van der Waals surface area contributed by atoms with Crippen molar-refractivity contribution >= 4 is 11.0 Å². The maximum Gasteiger partial charge on any atom is 0.193 e. The Morgan fingerprint density at radius 2 is 1.95 bits per heavy atom. The van der Waals surface area contributed by atoms with E-state index in [1.54, 1.807) is 49.6 Å². The molecule has 1 heterocycles. The van der Waals surface area contributed by atoms with Crippen molar-refractivity contribution in [1.82, 2.24) is 0 Å². The van der Waals surface area contributed by atoms with Crippen LogP contribution in [0.25, 0.3) is 22.3 Å². The highest BCUT2D eigenvalue weighted by atomic mass is 16.5. The first-order valence-electron chi connectivity index (χ1n) is 6.09. The van der Waals surface area contributed by atoms with Gasteiger partial charge < -0.3 is 14.3 Å². The van der Waals surface area contributed by atoms with Gasteiger partial charge in [0.25, 0.3) is 0 Å². The Balaban J connectivity index is 2.25. The molecular weight excluding hydrogens is 256 g/mol. The van der Waals surface area contributed by atoms with Crippen LogP contribution in [-0.4, -0.2) is 12.2 Å². The van der Waals surface area contributed by atoms with Gasteiger partial charge in [-0.25, -0.2) is 0 Å². The Morgan fingerprint density at radius 1 is 1.10 bits per heavy atom. The lowest BCUT2D eigenvalue weighted by Crippen LogP contribution is -2.00. The molecular formula is C16H12O4. The molecule has 4 heteroatoms. The van der Waals surface area contributed by atoms with Crippen LogP contribution in [0.3, 0.4) is 0 Å². The van der Waals surface area contributed by atoms with Gasteiger partial charge in [0.1, 0.15) is 22.8 Å². The van der Waals surface area contributed by atoms with E-state index in [9.17, 15) is 9.90 Å². The van der Waals surface area contributed by atoms with E-state index in [0.29, 0.717) is 28.0 Å². The van der Waals surface area contributed by atoms with Gasteiger partial charge in [-0.2, -0.15) is 0 Å². The molecule has 0 spiro atoms. The van der Waals surface area contributed by atoms with Crippen molar-refractivity contribution in [3.8, 4) is 22.8 Å². The van der Waals surface area contributed by atoms with Crippen LogP contribution in [0.15, 0.2) is 57.7 Å². The summed E-state index contributed by atoms with van der Waals surface area (Å²) in [6.07, 6.45) is 0. The standard InChI is InChI=1S/C16H12O4/c1-19-12-5-6-13-14(18)9-15(20-16(13)8-12)10-3-2-4-11(17)7-10/h2-9,17H,1H3. The maximum absolute atomic E-state index is 12.1. The molecule has 2 aromatic carbocycles. The number of aromatic hydroxyl groups is 1. The lowest BCUT2D eigenvalue weighted by Gasteiger charge is -2.05. The summed E-state index contributed by atoms with van der Waals surface area (Å²) in [5.74, 6) is 1.15. The molecule has 0 amide bonds. The first-order valence-corrected chi connectivity index (χ1v) is 6.09. The van der Waals surface area contributed by atoms with Crippen molar-refractivity contribution in [2.75, 3.05) is 7.11 Å². The summed E-state index contributed by atoms with van der Waals surface area (Å²) in [5.41, 5.74) is 0.967. The first kappa shape index (κ1) is 12.3. The molecule has 0 unspecified atom stereocenters. The number of hydrogen-bond acceptors (Lipinski definition) is 4. The van der Waals surface area contributed by atoms with E-state index >= 15 is 0 Å². The summed E-state index contributed by atoms with van der Waals surface area (Å²) in [6.45, 7) is 0. The monoisotopic (exact) mass is 268 g/mol. The van der Waals surface area contributed by atoms with E-state index in [1.165, 1.54) is 6.07 Å². The lowest BCUT2D eigenvalue weighted by molar-refractivity contribution is 0.414. The van der Waals surface area contributed by atoms with Gasteiger partial charge in [-0.1, -0.05) is 12.1 Å². The van der Waals surface area contributed by atoms with E-state index in [2.05, 4.69) is 0 Å². The minimum Gasteiger partial charge on any atom is -0.508 e. The van der Waals surface area contributed by atoms with Crippen LogP contribution in [0.4, 0.5) is 0 Å². The number of ether oxygens (including phenoxy) is 1. The molecule has 1 aromatic heterocycles. The molecule has 0 fully saturated rings. The van der Waals surface area contributed by atoms with E-state index in [0.717, 1.165) is 0 Å². The van der Waals surface area contributed by atoms with Gasteiger partial charge in [0.2, 0.25) is 0 Å². The predicted molar refractivity (Wildman–Crippen MR) is 76.1 cm³/mol. The molecule has 3 aromatic rings. The van der Waals surface area contributed by atoms with E-state index in [-0.39, 0.29) is 11.2 Å². The number of benzene rings is 2. The lowest BCUT2D eigenvalue weighted by atomic mass is 10.1. The zero-order chi connectivity index (χ0) is 14.1. The van der Waals surface area contributed by atoms with Crippen molar-refractivity contribution in [3.05, 3.63) is 58.8 Å². The average Bonchev–Trinajstić information content (AvgIpc) is 2.46. The molecule has 0 saturated carbocycles. The highest BCUT2D eigenvalue weighted by Gasteiger charge is 2.08. The third-order valence-electron chi connectivity index (χ3n) is 3.07. The van der Waals surface area contributed by atoms with Gasteiger partial charge in [0, 0.05) is 17.7 Å². The summed E-state index contributed by atoms with van der Waals surface area (Å²) in [5, 5.41) is 9.99. The third kappa shape index (κ3) is 2.12. The Morgan fingerprint density at radius 3 is 2.70 bits per heavy atom. The van der Waals surface area contributed by atoms with Crippen molar-refractivity contribution < 1.29 is 14.3 Å². The number of rotatable bonds is 2. The van der Waals surface area contributed by atoms with Gasteiger partial charge >= 0.3 is 0 Å². The van der Waals surface area contributed by atoms with Crippen LogP contribution in [0, 0.1) is 0 Å². The van der Waals surface area contributed by atoms with Crippen LogP contribution < -0.4 is 10.2 Å². The summed E-state index contributed by atoms with van der Waals surface area (Å²) in [6, 6.07) is 13.0. The number of hydrogen-bond donors (Lipinski definition) is 1. The second-order valence-electron chi connectivity index (χ2n) is 4.39. The highest BCUT2D eigenvalue weighted by Crippen LogP contribution is 2.26. The van der Waals surface area contributed by atoms with E-state index < -0.39 is 0 Å². The zero-order valence-corrected chi connectivity index (χ0v) is 10.8. The number of fused-ring (bicyclic) bond motifs is 1. The fourth-order valence-electron chi connectivity index (χ4n) is 2.06. The second kappa shape index (κ2) is 4.74. The van der Waals surface area contributed by atoms with Gasteiger partial charge in [-0.3, -0.25) is 4.79 Å². The number of phenols is 1. The normalized spacial score (nSPS) is 10.7. The SMILES string of the molecule is COc1ccc2c(=O)cc(-c3cccc(O)c3)oc2c1. The topological polar surface area (TPSA) is 59.7 Å². The first-order chi connectivity index (χ1) is 9.67. The smallest absolute Gasteiger partial charge is 0.193 e. The molecule has 0 aliphatic rings. The molecule has 0 aliphatic heterocycles. The molecule has 20 heavy (non-hydrogen) atoms. The van der Waals surface area contributed by atoms with Crippen molar-refractivity contribution in [2.24, 2.45) is 0 Å². The quantitative estimate of drug-likeness (QED) is 0.775. The molecule has 0 saturated heterocycles. The molecule has 3 rings (SSSR count). The molecule has 4 nitrogen and oxygen atoms in total. The van der Waals surface area contributed by atoms with Crippen LogP contribution in [0.1, 0.15) is 0 Å². The van der Waals surface area contributed by atoms with Crippen LogP contribution in [0.5, 0.6) is 11.5 Å². The predicted octanol–water partition coefficient (Wildman–Crippen LogP) is 3.17. The summed E-state index contributed by atoms with van der Waals surface area (Å²) in [7, 11) is 1.55. The van der Waals surface area contributed by atoms with Crippen molar-refractivity contribution in [2.45, 2.75) is 0 Å². The minimum atomic E-state index is -0.132. The number of phenolic OH excluding ortho intramolecular Hbond substituents is 1. The van der Waals surface area contributed by atoms with Gasteiger partial charge in [-0.15, -0.1) is 0 Å². The Kier molecular flexibility index (Phi) is 2.91. The molecule has 0 aliphatic carbocycles. The van der Waals surface area contributed by atoms with Crippen molar-refractivity contribution in [3.63, 3.8) is 0 Å². The van der Waals surface area contributed by atoms with Gasteiger partial charge in [-0.05, 0) is 24.3 Å². The summed E-state index contributed by atoms with van der Waals surface area (Å²) < 4.78 is 10.9. The third-order valence-corrected chi connectivity index (χ3v) is 3.07. The minimum absolute atomic E-state index is 0.121. The Labute approximate surface area is 114 Å². The fourth-order valence-corrected chi connectivity index (χ4v) is 2.06. The molecule has 0 bridgehead atoms. The summed E-state index contributed by atoms with van der Waals surface area (Å²) in [4.78, 5) is 12.1. The molecule has 0 radical (unpaired) electrons. The fraction of sp³-hybridized carbons (Fsp3) is 0.0625. The van der Waals surface area contributed by atoms with E-state index in [4.69, 9.17) is 9.15 Å². The molecule has 0 atom stereocenters. The van der Waals surface area contributed by atoms with Gasteiger partial charge in [0.15, 0.2) is 5.43 Å². The number of methoxy groups -OCH3 is 1. The van der Waals surface area contributed by atoms with Crippen molar-refractivity contribution in [1.29, 1.82) is 0 Å².